The van der Waals surface area contributed by atoms with Crippen LogP contribution < -0.4 is 10.2 Å². The molecule has 2 aliphatic heterocycles. The third-order valence-electron chi connectivity index (χ3n) is 7.56. The number of nitrogens with one attached hydrogen (secondary N) is 1. The molecule has 2 aliphatic rings. The Morgan fingerprint density at radius 3 is 2.44 bits per heavy atom. The number of Topliss-reactive ketones (excluding diaryl/α,β-unsaturated/α-hetero) is 1. The van der Waals surface area contributed by atoms with E-state index in [-0.39, 0.29) is 41.7 Å². The zero-order valence-electron chi connectivity index (χ0n) is 22.7. The first-order valence-electron chi connectivity index (χ1n) is 13.3. The Hall–Kier alpha value is -4.14. The number of carbonyl (C=O) groups excluding carboxylic acids is 4. The largest absolute Gasteiger partial charge is 0.451 e. The molecule has 3 unspecified atom stereocenters. The average molecular weight is 531 g/mol. The molecule has 0 spiro atoms. The second-order valence-corrected chi connectivity index (χ2v) is 11.0. The Bertz CT molecular complexity index is 1380. The van der Waals surface area contributed by atoms with Crippen molar-refractivity contribution in [2.75, 3.05) is 32.1 Å². The maximum atomic E-state index is 13.8. The summed E-state index contributed by atoms with van der Waals surface area (Å²) in [5.41, 5.74) is 2.03. The molecule has 1 N–H and O–H groups in total. The molecule has 0 saturated carbocycles. The molecule has 3 aromatic rings. The van der Waals surface area contributed by atoms with E-state index in [0.717, 1.165) is 11.1 Å². The van der Waals surface area contributed by atoms with Gasteiger partial charge in [-0.15, -0.1) is 0 Å². The van der Waals surface area contributed by atoms with Crippen LogP contribution in [-0.4, -0.2) is 78.6 Å². The summed E-state index contributed by atoms with van der Waals surface area (Å²) in [4.78, 5) is 58.4. The number of fused-ring (bicyclic) bond motifs is 2. The molecule has 2 saturated heterocycles. The van der Waals surface area contributed by atoms with Crippen LogP contribution in [0.25, 0.3) is 11.0 Å². The number of ketones is 1. The number of rotatable bonds is 7. The fourth-order valence-electron chi connectivity index (χ4n) is 5.61. The Labute approximate surface area is 227 Å². The van der Waals surface area contributed by atoms with Crippen LogP contribution in [0.3, 0.4) is 0 Å². The number of carbonyl (C=O) groups is 4. The van der Waals surface area contributed by atoms with Crippen LogP contribution in [0.2, 0.25) is 0 Å². The molecule has 3 amide bonds. The van der Waals surface area contributed by atoms with E-state index in [0.29, 0.717) is 30.5 Å². The zero-order valence-corrected chi connectivity index (χ0v) is 22.7. The van der Waals surface area contributed by atoms with Gasteiger partial charge in [-0.3, -0.25) is 19.2 Å². The van der Waals surface area contributed by atoms with Crippen LogP contribution in [0.15, 0.2) is 59.0 Å². The van der Waals surface area contributed by atoms with Gasteiger partial charge in [0.1, 0.15) is 17.7 Å². The van der Waals surface area contributed by atoms with E-state index in [2.05, 4.69) is 5.32 Å². The van der Waals surface area contributed by atoms with Crippen LogP contribution >= 0.6 is 0 Å². The molecule has 0 bridgehead atoms. The summed E-state index contributed by atoms with van der Waals surface area (Å²) >= 11 is 0. The van der Waals surface area contributed by atoms with Crippen LogP contribution in [0, 0.1) is 5.92 Å². The van der Waals surface area contributed by atoms with Gasteiger partial charge in [-0.25, -0.2) is 0 Å². The standard InChI is InChI=1S/C30H34N4O5/c1-18(2)15-22(31-28(36)19-9-11-21(12-10-19)32(3)4)29(37)33-14-13-23-27(33)24(35)17-34(23)30(38)26-16-20-7-5-6-8-25(20)39-26/h5-12,16,18,22-23,27H,13-15,17H2,1-4H3,(H,31,36). The first-order valence-corrected chi connectivity index (χ1v) is 13.3. The first kappa shape index (κ1) is 26.5. The number of hydrogen-bond donors (Lipinski definition) is 1. The highest BCUT2D eigenvalue weighted by Crippen LogP contribution is 2.32. The average Bonchev–Trinajstić information content (AvgIpc) is 3.62. The van der Waals surface area contributed by atoms with Gasteiger partial charge >= 0.3 is 0 Å². The van der Waals surface area contributed by atoms with E-state index in [1.807, 2.05) is 63.2 Å². The second kappa shape index (κ2) is 10.6. The quantitative estimate of drug-likeness (QED) is 0.503. The molecule has 39 heavy (non-hydrogen) atoms. The van der Waals surface area contributed by atoms with E-state index in [9.17, 15) is 19.2 Å². The van der Waals surface area contributed by atoms with E-state index in [1.165, 1.54) is 4.90 Å². The number of likely N-dealkylation sites (tertiary alicyclic amines) is 2. The summed E-state index contributed by atoms with van der Waals surface area (Å²) in [6.45, 7) is 4.24. The summed E-state index contributed by atoms with van der Waals surface area (Å²) < 4.78 is 5.76. The maximum absolute atomic E-state index is 13.8. The van der Waals surface area contributed by atoms with Crippen LogP contribution in [0.1, 0.15) is 47.6 Å². The van der Waals surface area contributed by atoms with Crippen molar-refractivity contribution in [3.63, 3.8) is 0 Å². The third kappa shape index (κ3) is 5.13. The highest BCUT2D eigenvalue weighted by atomic mass is 16.3. The van der Waals surface area contributed by atoms with E-state index < -0.39 is 18.1 Å². The van der Waals surface area contributed by atoms with Gasteiger partial charge in [0, 0.05) is 37.3 Å². The normalized spacial score (nSPS) is 19.5. The molecule has 2 aromatic carbocycles. The molecular formula is C30H34N4O5. The van der Waals surface area contributed by atoms with Crippen molar-refractivity contribution in [1.29, 1.82) is 0 Å². The van der Waals surface area contributed by atoms with Gasteiger partial charge in [0.25, 0.3) is 11.8 Å². The van der Waals surface area contributed by atoms with Crippen molar-refractivity contribution in [1.82, 2.24) is 15.1 Å². The van der Waals surface area contributed by atoms with E-state index in [1.54, 1.807) is 29.2 Å². The molecule has 0 aliphatic carbocycles. The fraction of sp³-hybridized carbons (Fsp3) is 0.400. The van der Waals surface area contributed by atoms with Crippen LogP contribution in [0.4, 0.5) is 5.69 Å². The Morgan fingerprint density at radius 2 is 1.77 bits per heavy atom. The van der Waals surface area contributed by atoms with Gasteiger partial charge in [-0.1, -0.05) is 32.0 Å². The van der Waals surface area contributed by atoms with E-state index >= 15 is 0 Å². The molecule has 5 rings (SSSR count). The number of furan rings is 1. The molecule has 1 aromatic heterocycles. The van der Waals surface area contributed by atoms with Gasteiger partial charge in [0.2, 0.25) is 5.91 Å². The maximum Gasteiger partial charge on any atom is 0.290 e. The van der Waals surface area contributed by atoms with Crippen LogP contribution in [-0.2, 0) is 9.59 Å². The topological polar surface area (TPSA) is 103 Å². The van der Waals surface area contributed by atoms with Gasteiger partial charge in [-0.05, 0) is 55.2 Å². The third-order valence-corrected chi connectivity index (χ3v) is 7.56. The first-order chi connectivity index (χ1) is 18.6. The van der Waals surface area contributed by atoms with Gasteiger partial charge in [-0.2, -0.15) is 0 Å². The predicted molar refractivity (Wildman–Crippen MR) is 148 cm³/mol. The van der Waals surface area contributed by atoms with Crippen molar-refractivity contribution >= 4 is 40.2 Å². The van der Waals surface area contributed by atoms with Crippen molar-refractivity contribution in [3.05, 3.63) is 65.9 Å². The smallest absolute Gasteiger partial charge is 0.290 e. The lowest BCUT2D eigenvalue weighted by Gasteiger charge is -2.29. The van der Waals surface area contributed by atoms with Crippen molar-refractivity contribution in [3.8, 4) is 0 Å². The lowest BCUT2D eigenvalue weighted by atomic mass is 10.0. The molecule has 9 nitrogen and oxygen atoms in total. The fourth-order valence-corrected chi connectivity index (χ4v) is 5.61. The lowest BCUT2D eigenvalue weighted by molar-refractivity contribution is -0.138. The minimum absolute atomic E-state index is 0.0750. The SMILES string of the molecule is CC(C)CC(NC(=O)c1ccc(N(C)C)cc1)C(=O)N1CCC2C1C(=O)CN2C(=O)c1cc2ccccc2o1. The molecule has 0 radical (unpaired) electrons. The van der Waals surface area contributed by atoms with Crippen molar-refractivity contribution < 1.29 is 23.6 Å². The molecule has 9 heteroatoms. The summed E-state index contributed by atoms with van der Waals surface area (Å²) in [6, 6.07) is 14.3. The highest BCUT2D eigenvalue weighted by molar-refractivity contribution is 6.04. The monoisotopic (exact) mass is 530 g/mol. The van der Waals surface area contributed by atoms with Crippen molar-refractivity contribution in [2.24, 2.45) is 5.92 Å². The van der Waals surface area contributed by atoms with Gasteiger partial charge < -0.3 is 24.4 Å². The Morgan fingerprint density at radius 1 is 1.05 bits per heavy atom. The number of benzene rings is 2. The van der Waals surface area contributed by atoms with Crippen molar-refractivity contribution in [2.45, 2.75) is 44.8 Å². The summed E-state index contributed by atoms with van der Waals surface area (Å²) in [5.74, 6) is -0.840. The Kier molecular flexibility index (Phi) is 7.16. The lowest BCUT2D eigenvalue weighted by Crippen LogP contribution is -2.53. The number of amides is 3. The second-order valence-electron chi connectivity index (χ2n) is 11.0. The van der Waals surface area contributed by atoms with Crippen LogP contribution in [0.5, 0.6) is 0 Å². The molecule has 3 heterocycles. The Balaban J connectivity index is 1.32. The summed E-state index contributed by atoms with van der Waals surface area (Å²) in [6.07, 6.45) is 0.923. The number of para-hydroxylation sites is 1. The zero-order chi connectivity index (χ0) is 27.8. The minimum atomic E-state index is -0.780. The highest BCUT2D eigenvalue weighted by Gasteiger charge is 2.52. The molecule has 204 valence electrons. The molecule has 3 atom stereocenters. The predicted octanol–water partition coefficient (Wildman–Crippen LogP) is 3.34. The summed E-state index contributed by atoms with van der Waals surface area (Å²) in [7, 11) is 3.84. The molecule has 2 fully saturated rings. The van der Waals surface area contributed by atoms with E-state index in [4.69, 9.17) is 4.42 Å². The molecular weight excluding hydrogens is 496 g/mol. The summed E-state index contributed by atoms with van der Waals surface area (Å²) in [5, 5.41) is 3.72. The van der Waals surface area contributed by atoms with Gasteiger partial charge in [0.15, 0.2) is 11.5 Å². The number of nitrogens with zero attached hydrogens (tertiary/aromatic N) is 3. The minimum Gasteiger partial charge on any atom is -0.451 e. The van der Waals surface area contributed by atoms with Gasteiger partial charge in [0.05, 0.1) is 12.6 Å². The number of hydrogen-bond acceptors (Lipinski definition) is 6. The number of anilines is 1.